The zero-order valence-electron chi connectivity index (χ0n) is 16.2. The number of esters is 1. The second-order valence-corrected chi connectivity index (χ2v) is 6.36. The second kappa shape index (κ2) is 17.0. The van der Waals surface area contributed by atoms with Crippen molar-refractivity contribution in [2.45, 2.75) is 83.0 Å². The van der Waals surface area contributed by atoms with Crippen LogP contribution >= 0.6 is 0 Å². The smallest absolute Gasteiger partial charge is 0.305 e. The van der Waals surface area contributed by atoms with E-state index in [1.807, 2.05) is 24.3 Å². The van der Waals surface area contributed by atoms with Crippen LogP contribution in [0.4, 0.5) is 0 Å². The highest BCUT2D eigenvalue weighted by molar-refractivity contribution is 5.69. The van der Waals surface area contributed by atoms with Crippen LogP contribution in [0.1, 0.15) is 64.7 Å². The standard InChI is InChI=1S/C21H36O5/c1-3-4-5-6-9-12-15-18(22)21(25)19(23)16-13-10-7-8-11-14-17-20(24)26-2/h7-9,12-13,16,18-19,21-23,25H,3-6,10-11,14-15,17H2,1-2H3/b8-7-,12-9-,16-13-/t18-,19-,21+/m0/s1. The summed E-state index contributed by atoms with van der Waals surface area (Å²) in [6.07, 6.45) is 15.1. The first-order valence-electron chi connectivity index (χ1n) is 9.60. The molecule has 0 aliphatic rings. The maximum atomic E-state index is 10.9. The number of carbonyl (C=O) groups excluding carboxylic acids is 1. The van der Waals surface area contributed by atoms with Crippen molar-refractivity contribution in [3.05, 3.63) is 36.5 Å². The molecule has 26 heavy (non-hydrogen) atoms. The third-order valence-electron chi connectivity index (χ3n) is 4.01. The molecule has 0 heterocycles. The quantitative estimate of drug-likeness (QED) is 0.234. The molecular formula is C21H36O5. The molecule has 150 valence electrons. The van der Waals surface area contributed by atoms with Crippen LogP contribution in [0.25, 0.3) is 0 Å². The van der Waals surface area contributed by atoms with Crippen LogP contribution in [0, 0.1) is 0 Å². The summed E-state index contributed by atoms with van der Waals surface area (Å²) in [5.74, 6) is -0.204. The van der Waals surface area contributed by atoms with Crippen molar-refractivity contribution in [2.75, 3.05) is 7.11 Å². The number of allylic oxidation sites excluding steroid dienone is 4. The summed E-state index contributed by atoms with van der Waals surface area (Å²) in [6.45, 7) is 2.15. The Morgan fingerprint density at radius 1 is 0.962 bits per heavy atom. The van der Waals surface area contributed by atoms with E-state index in [0.717, 1.165) is 25.7 Å². The van der Waals surface area contributed by atoms with Crippen molar-refractivity contribution >= 4 is 5.97 Å². The molecule has 3 N–H and O–H groups in total. The number of ether oxygens (including phenoxy) is 1. The predicted molar refractivity (Wildman–Crippen MR) is 105 cm³/mol. The topological polar surface area (TPSA) is 87.0 Å². The number of rotatable bonds is 15. The molecule has 0 saturated heterocycles. The van der Waals surface area contributed by atoms with Gasteiger partial charge in [-0.05, 0) is 38.5 Å². The van der Waals surface area contributed by atoms with E-state index >= 15 is 0 Å². The van der Waals surface area contributed by atoms with Crippen molar-refractivity contribution in [1.29, 1.82) is 0 Å². The zero-order chi connectivity index (χ0) is 19.6. The zero-order valence-corrected chi connectivity index (χ0v) is 16.2. The van der Waals surface area contributed by atoms with Gasteiger partial charge in [0.25, 0.3) is 0 Å². The Hall–Kier alpha value is -1.43. The third kappa shape index (κ3) is 13.8. The number of hydrogen-bond donors (Lipinski definition) is 3. The van der Waals surface area contributed by atoms with E-state index in [1.165, 1.54) is 26.0 Å². The van der Waals surface area contributed by atoms with Gasteiger partial charge in [0.15, 0.2) is 0 Å². The Morgan fingerprint density at radius 2 is 1.65 bits per heavy atom. The third-order valence-corrected chi connectivity index (χ3v) is 4.01. The Balaban J connectivity index is 3.92. The Labute approximate surface area is 158 Å². The summed E-state index contributed by atoms with van der Waals surface area (Å²) in [5, 5.41) is 29.7. The van der Waals surface area contributed by atoms with Crippen LogP contribution in [0.15, 0.2) is 36.5 Å². The molecule has 0 saturated carbocycles. The maximum Gasteiger partial charge on any atom is 0.305 e. The van der Waals surface area contributed by atoms with Crippen LogP contribution in [-0.4, -0.2) is 46.7 Å². The first kappa shape index (κ1) is 24.6. The van der Waals surface area contributed by atoms with Gasteiger partial charge >= 0.3 is 5.97 Å². The highest BCUT2D eigenvalue weighted by Gasteiger charge is 2.21. The molecule has 0 aromatic carbocycles. The lowest BCUT2D eigenvalue weighted by Gasteiger charge is -2.19. The number of aliphatic hydroxyl groups excluding tert-OH is 3. The molecule has 0 unspecified atom stereocenters. The SMILES string of the molecule is CCCCC/C=C\C[C@H](O)[C@@H](O)[C@@H](O)/C=C\C/C=C\CCCC(=O)OC. The normalized spacial score (nSPS) is 15.7. The molecule has 0 fully saturated rings. The minimum atomic E-state index is -1.20. The van der Waals surface area contributed by atoms with Crippen molar-refractivity contribution in [1.82, 2.24) is 0 Å². The van der Waals surface area contributed by atoms with Gasteiger partial charge in [-0.3, -0.25) is 4.79 Å². The number of methoxy groups -OCH3 is 1. The highest BCUT2D eigenvalue weighted by Crippen LogP contribution is 2.08. The Morgan fingerprint density at radius 3 is 2.35 bits per heavy atom. The lowest BCUT2D eigenvalue weighted by molar-refractivity contribution is -0.140. The highest BCUT2D eigenvalue weighted by atomic mass is 16.5. The first-order chi connectivity index (χ1) is 12.5. The van der Waals surface area contributed by atoms with E-state index in [9.17, 15) is 20.1 Å². The average Bonchev–Trinajstić information content (AvgIpc) is 2.65. The molecule has 0 radical (unpaired) electrons. The van der Waals surface area contributed by atoms with Gasteiger partial charge in [-0.2, -0.15) is 0 Å². The fraction of sp³-hybridized carbons (Fsp3) is 0.667. The largest absolute Gasteiger partial charge is 0.469 e. The van der Waals surface area contributed by atoms with E-state index in [-0.39, 0.29) is 5.97 Å². The van der Waals surface area contributed by atoms with Crippen molar-refractivity contribution in [3.8, 4) is 0 Å². The van der Waals surface area contributed by atoms with E-state index < -0.39 is 18.3 Å². The van der Waals surface area contributed by atoms with Crippen LogP contribution in [0.5, 0.6) is 0 Å². The predicted octanol–water partition coefficient (Wildman–Crippen LogP) is 3.44. The summed E-state index contributed by atoms with van der Waals surface area (Å²) in [6, 6.07) is 0. The first-order valence-corrected chi connectivity index (χ1v) is 9.60. The van der Waals surface area contributed by atoms with Gasteiger partial charge in [-0.1, -0.05) is 56.2 Å². The van der Waals surface area contributed by atoms with Gasteiger partial charge in [-0.15, -0.1) is 0 Å². The van der Waals surface area contributed by atoms with Crippen molar-refractivity contribution in [2.24, 2.45) is 0 Å². The molecule has 5 nitrogen and oxygen atoms in total. The van der Waals surface area contributed by atoms with Crippen LogP contribution in [0.2, 0.25) is 0 Å². The van der Waals surface area contributed by atoms with Gasteiger partial charge in [-0.25, -0.2) is 0 Å². The summed E-state index contributed by atoms with van der Waals surface area (Å²) in [5.41, 5.74) is 0. The van der Waals surface area contributed by atoms with E-state index in [1.54, 1.807) is 6.08 Å². The number of unbranched alkanes of at least 4 members (excludes halogenated alkanes) is 4. The summed E-state index contributed by atoms with van der Waals surface area (Å²) < 4.78 is 4.56. The summed E-state index contributed by atoms with van der Waals surface area (Å²) in [7, 11) is 1.38. The van der Waals surface area contributed by atoms with Crippen LogP contribution in [-0.2, 0) is 9.53 Å². The minimum Gasteiger partial charge on any atom is -0.469 e. The van der Waals surface area contributed by atoms with Gasteiger partial charge in [0.05, 0.1) is 13.2 Å². The van der Waals surface area contributed by atoms with Gasteiger partial charge in [0.1, 0.15) is 12.2 Å². The molecule has 3 atom stereocenters. The molecule has 0 spiro atoms. The summed E-state index contributed by atoms with van der Waals surface area (Å²) >= 11 is 0. The summed E-state index contributed by atoms with van der Waals surface area (Å²) in [4.78, 5) is 10.9. The molecule has 0 aromatic heterocycles. The van der Waals surface area contributed by atoms with Crippen LogP contribution in [0.3, 0.4) is 0 Å². The van der Waals surface area contributed by atoms with E-state index in [2.05, 4.69) is 11.7 Å². The molecule has 0 bridgehead atoms. The maximum absolute atomic E-state index is 10.9. The fourth-order valence-corrected chi connectivity index (χ4v) is 2.32. The minimum absolute atomic E-state index is 0.204. The molecule has 0 rings (SSSR count). The van der Waals surface area contributed by atoms with Gasteiger partial charge in [0, 0.05) is 6.42 Å². The Bertz CT molecular complexity index is 428. The molecule has 5 heteroatoms. The van der Waals surface area contributed by atoms with Crippen LogP contribution < -0.4 is 0 Å². The van der Waals surface area contributed by atoms with E-state index in [0.29, 0.717) is 19.3 Å². The van der Waals surface area contributed by atoms with Gasteiger partial charge in [0.2, 0.25) is 0 Å². The Kier molecular flexibility index (Phi) is 16.1. The molecule has 0 aliphatic heterocycles. The molecule has 0 aromatic rings. The lowest BCUT2D eigenvalue weighted by atomic mass is 10.0. The monoisotopic (exact) mass is 368 g/mol. The van der Waals surface area contributed by atoms with Gasteiger partial charge < -0.3 is 20.1 Å². The fourth-order valence-electron chi connectivity index (χ4n) is 2.32. The lowest BCUT2D eigenvalue weighted by Crippen LogP contribution is -2.35. The van der Waals surface area contributed by atoms with Crippen molar-refractivity contribution in [3.63, 3.8) is 0 Å². The van der Waals surface area contributed by atoms with E-state index in [4.69, 9.17) is 0 Å². The molecule has 0 amide bonds. The number of aliphatic hydroxyl groups is 3. The second-order valence-electron chi connectivity index (χ2n) is 6.36. The average molecular weight is 369 g/mol. The number of carbonyl (C=O) groups is 1. The molecule has 0 aliphatic carbocycles. The van der Waals surface area contributed by atoms with Crippen molar-refractivity contribution < 1.29 is 24.9 Å². The number of hydrogen-bond acceptors (Lipinski definition) is 5. The molecular weight excluding hydrogens is 332 g/mol.